The maximum atomic E-state index is 13.0. The van der Waals surface area contributed by atoms with E-state index >= 15 is 0 Å². The van der Waals surface area contributed by atoms with Gasteiger partial charge in [0.05, 0.1) is 6.04 Å². The molecule has 1 aromatic carbocycles. The van der Waals surface area contributed by atoms with Crippen LogP contribution < -0.4 is 11.3 Å². The molecule has 3 N–H and O–H groups in total. The Morgan fingerprint density at radius 2 is 2.24 bits per heavy atom. The number of nitrogens with one attached hydrogen (secondary N) is 1. The first-order valence-corrected chi connectivity index (χ1v) is 7.15. The highest BCUT2D eigenvalue weighted by Gasteiger charge is 2.14. The van der Waals surface area contributed by atoms with Crippen LogP contribution in [0.1, 0.15) is 17.2 Å². The van der Waals surface area contributed by atoms with Crippen LogP contribution in [0.25, 0.3) is 0 Å². The van der Waals surface area contributed by atoms with E-state index in [1.165, 1.54) is 17.7 Å². The lowest BCUT2D eigenvalue weighted by molar-refractivity contribution is 0.547. The highest BCUT2D eigenvalue weighted by molar-refractivity contribution is 14.1. The smallest absolute Gasteiger partial charge is 0.124 e. The van der Waals surface area contributed by atoms with Gasteiger partial charge >= 0.3 is 0 Å². The molecule has 1 atom stereocenters. The molecule has 0 aliphatic carbocycles. The number of hydrazine groups is 1. The quantitative estimate of drug-likeness (QED) is 0.498. The number of halogens is 2. The fourth-order valence-electron chi connectivity index (χ4n) is 1.69. The lowest BCUT2D eigenvalue weighted by Gasteiger charge is -2.17. The summed E-state index contributed by atoms with van der Waals surface area (Å²) in [4.78, 5) is 0. The molecule has 0 radical (unpaired) electrons. The van der Waals surface area contributed by atoms with E-state index in [4.69, 9.17) is 5.84 Å². The third kappa shape index (κ3) is 3.25. The average Bonchev–Trinajstić information content (AvgIpc) is 2.79. The summed E-state index contributed by atoms with van der Waals surface area (Å²) < 4.78 is 13.9. The number of rotatable bonds is 4. The molecule has 0 bridgehead atoms. The SMILES string of the molecule is NNC(Cc1ccsc1)c1ccc(F)cc1I. The Bertz CT molecular complexity index is 487. The van der Waals surface area contributed by atoms with Crippen molar-refractivity contribution in [1.29, 1.82) is 0 Å². The second-order valence-electron chi connectivity index (χ2n) is 3.72. The number of thiophene rings is 1. The summed E-state index contributed by atoms with van der Waals surface area (Å²) >= 11 is 3.80. The predicted molar refractivity (Wildman–Crippen MR) is 77.2 cm³/mol. The molecule has 2 nitrogen and oxygen atoms in total. The number of benzene rings is 1. The van der Waals surface area contributed by atoms with Crippen molar-refractivity contribution < 1.29 is 4.39 Å². The Balaban J connectivity index is 2.23. The lowest BCUT2D eigenvalue weighted by Crippen LogP contribution is -2.30. The van der Waals surface area contributed by atoms with E-state index in [2.05, 4.69) is 39.5 Å². The van der Waals surface area contributed by atoms with Gasteiger partial charge in [0.1, 0.15) is 5.82 Å². The molecule has 0 saturated carbocycles. The summed E-state index contributed by atoms with van der Waals surface area (Å²) in [5.74, 6) is 5.37. The minimum Gasteiger partial charge on any atom is -0.271 e. The topological polar surface area (TPSA) is 38.0 Å². The highest BCUT2D eigenvalue weighted by Crippen LogP contribution is 2.24. The maximum Gasteiger partial charge on any atom is 0.124 e. The number of hydrogen-bond acceptors (Lipinski definition) is 3. The fraction of sp³-hybridized carbons (Fsp3) is 0.167. The van der Waals surface area contributed by atoms with Crippen molar-refractivity contribution in [2.24, 2.45) is 5.84 Å². The third-order valence-electron chi connectivity index (χ3n) is 2.56. The van der Waals surface area contributed by atoms with Crippen LogP contribution in [0, 0.1) is 9.39 Å². The van der Waals surface area contributed by atoms with Gasteiger partial charge < -0.3 is 0 Å². The van der Waals surface area contributed by atoms with E-state index in [9.17, 15) is 4.39 Å². The zero-order valence-electron chi connectivity index (χ0n) is 8.99. The normalized spacial score (nSPS) is 12.6. The van der Waals surface area contributed by atoms with Gasteiger partial charge in [-0.1, -0.05) is 6.07 Å². The van der Waals surface area contributed by atoms with E-state index in [1.54, 1.807) is 17.4 Å². The van der Waals surface area contributed by atoms with Gasteiger partial charge in [-0.05, 0) is 69.1 Å². The van der Waals surface area contributed by atoms with Crippen molar-refractivity contribution in [1.82, 2.24) is 5.43 Å². The third-order valence-corrected chi connectivity index (χ3v) is 4.23. The molecule has 17 heavy (non-hydrogen) atoms. The molecule has 0 aliphatic heterocycles. The summed E-state index contributed by atoms with van der Waals surface area (Å²) in [7, 11) is 0. The summed E-state index contributed by atoms with van der Waals surface area (Å²) in [6.07, 6.45) is 0.807. The number of nitrogens with two attached hydrogens (primary N) is 1. The number of hydrogen-bond donors (Lipinski definition) is 2. The summed E-state index contributed by atoms with van der Waals surface area (Å²) in [5, 5.41) is 4.14. The van der Waals surface area contributed by atoms with E-state index in [0.717, 1.165) is 15.6 Å². The molecule has 2 aromatic rings. The molecule has 1 aromatic heterocycles. The van der Waals surface area contributed by atoms with Crippen LogP contribution in [-0.2, 0) is 6.42 Å². The summed E-state index contributed by atoms with van der Waals surface area (Å²) in [5.41, 5.74) is 5.06. The molecule has 1 unspecified atom stereocenters. The van der Waals surface area contributed by atoms with Crippen molar-refractivity contribution >= 4 is 33.9 Å². The fourth-order valence-corrected chi connectivity index (χ4v) is 3.22. The minimum absolute atomic E-state index is 0.0112. The molecule has 2 rings (SSSR count). The lowest BCUT2D eigenvalue weighted by atomic mass is 10.0. The van der Waals surface area contributed by atoms with Crippen molar-refractivity contribution in [3.8, 4) is 0 Å². The molecule has 1 heterocycles. The average molecular weight is 362 g/mol. The first kappa shape index (κ1) is 12.9. The van der Waals surface area contributed by atoms with Crippen LogP contribution in [0.2, 0.25) is 0 Å². The standard InChI is InChI=1S/C12H12FIN2S/c13-9-1-2-10(11(14)6-9)12(16-15)5-8-3-4-17-7-8/h1-4,6-7,12,16H,5,15H2. The van der Waals surface area contributed by atoms with Crippen LogP contribution in [0.4, 0.5) is 4.39 Å². The molecule has 90 valence electrons. The zero-order chi connectivity index (χ0) is 12.3. The van der Waals surface area contributed by atoms with Gasteiger partial charge in [-0.15, -0.1) is 0 Å². The monoisotopic (exact) mass is 362 g/mol. The molecule has 0 aliphatic rings. The van der Waals surface area contributed by atoms with Crippen LogP contribution >= 0.6 is 33.9 Å². The second kappa shape index (κ2) is 5.90. The van der Waals surface area contributed by atoms with Gasteiger partial charge in [0.15, 0.2) is 0 Å². The van der Waals surface area contributed by atoms with Crippen molar-refractivity contribution in [3.05, 3.63) is 55.5 Å². The molecule has 5 heteroatoms. The maximum absolute atomic E-state index is 13.0. The van der Waals surface area contributed by atoms with Gasteiger partial charge in [-0.2, -0.15) is 11.3 Å². The van der Waals surface area contributed by atoms with Gasteiger partial charge in [-0.25, -0.2) is 4.39 Å². The Kier molecular flexibility index (Phi) is 4.49. The zero-order valence-corrected chi connectivity index (χ0v) is 12.0. The summed E-state index contributed by atoms with van der Waals surface area (Å²) in [6, 6.07) is 6.86. The molecule has 0 saturated heterocycles. The van der Waals surface area contributed by atoms with Crippen molar-refractivity contribution in [3.63, 3.8) is 0 Å². The van der Waals surface area contributed by atoms with Crippen molar-refractivity contribution in [2.75, 3.05) is 0 Å². The van der Waals surface area contributed by atoms with E-state index < -0.39 is 0 Å². The van der Waals surface area contributed by atoms with Gasteiger partial charge in [0, 0.05) is 3.57 Å². The predicted octanol–water partition coefficient (Wildman–Crippen LogP) is 3.24. The van der Waals surface area contributed by atoms with Gasteiger partial charge in [-0.3, -0.25) is 11.3 Å². The Labute approximate surface area is 117 Å². The highest BCUT2D eigenvalue weighted by atomic mass is 127. The summed E-state index contributed by atoms with van der Waals surface area (Å²) in [6.45, 7) is 0. The van der Waals surface area contributed by atoms with Crippen LogP contribution in [0.3, 0.4) is 0 Å². The second-order valence-corrected chi connectivity index (χ2v) is 5.66. The van der Waals surface area contributed by atoms with Gasteiger partial charge in [0.2, 0.25) is 0 Å². The molecule has 0 fully saturated rings. The first-order chi connectivity index (χ1) is 8.20. The minimum atomic E-state index is -0.218. The van der Waals surface area contributed by atoms with E-state index in [-0.39, 0.29) is 11.9 Å². The molecule has 0 amide bonds. The molecular weight excluding hydrogens is 350 g/mol. The Hall–Kier alpha value is -0.500. The van der Waals surface area contributed by atoms with Crippen molar-refractivity contribution in [2.45, 2.75) is 12.5 Å². The first-order valence-electron chi connectivity index (χ1n) is 5.13. The Morgan fingerprint density at radius 1 is 1.41 bits per heavy atom. The van der Waals surface area contributed by atoms with E-state index in [0.29, 0.717) is 0 Å². The van der Waals surface area contributed by atoms with E-state index in [1.807, 2.05) is 5.38 Å². The van der Waals surface area contributed by atoms with Crippen LogP contribution in [-0.4, -0.2) is 0 Å². The van der Waals surface area contributed by atoms with Gasteiger partial charge in [0.25, 0.3) is 0 Å². The van der Waals surface area contributed by atoms with Crippen LogP contribution in [0.15, 0.2) is 35.0 Å². The Morgan fingerprint density at radius 3 is 2.82 bits per heavy atom. The molecular formula is C12H12FIN2S. The molecule has 0 spiro atoms. The van der Waals surface area contributed by atoms with Crippen LogP contribution in [0.5, 0.6) is 0 Å². The largest absolute Gasteiger partial charge is 0.271 e.